The van der Waals surface area contributed by atoms with Crippen LogP contribution in [-0.2, 0) is 0 Å². The maximum absolute atomic E-state index is 3.22. The fourth-order valence-electron chi connectivity index (χ4n) is 2.01. The summed E-state index contributed by atoms with van der Waals surface area (Å²) in [6.07, 6.45) is 7.48. The van der Waals surface area contributed by atoms with Crippen LogP contribution in [-0.4, -0.2) is 16.2 Å². The average Bonchev–Trinajstić information content (AvgIpc) is 2.57. The Balaban J connectivity index is 2.06. The third kappa shape index (κ3) is 2.34. The van der Waals surface area contributed by atoms with Crippen LogP contribution in [0.3, 0.4) is 0 Å². The van der Waals surface area contributed by atoms with E-state index < -0.39 is 0 Å². The van der Waals surface area contributed by atoms with Gasteiger partial charge in [0.05, 0.1) is 0 Å². The number of fused-ring (bicyclic) bond motifs is 1. The van der Waals surface area contributed by atoms with Crippen molar-refractivity contribution in [3.05, 3.63) is 35.5 Å². The van der Waals surface area contributed by atoms with Gasteiger partial charge in [-0.15, -0.1) is 0 Å². The number of quaternary nitrogens is 1. The van der Waals surface area contributed by atoms with Crippen LogP contribution in [0.2, 0.25) is 0 Å². The fraction of sp³-hybridized carbons (Fsp3) is 0.385. The first-order chi connectivity index (χ1) is 7.33. The Hall–Kier alpha value is -0.561. The van der Waals surface area contributed by atoms with Crippen LogP contribution < -0.4 is 3.92 Å². The van der Waals surface area contributed by atoms with Crippen molar-refractivity contribution in [1.82, 2.24) is 0 Å². The second kappa shape index (κ2) is 4.98. The summed E-state index contributed by atoms with van der Waals surface area (Å²) in [5, 5.41) is 0. The molecule has 2 rings (SSSR count). The molecule has 0 bridgehead atoms. The topological polar surface area (TPSA) is 4.44 Å². The summed E-state index contributed by atoms with van der Waals surface area (Å²) < 4.78 is 1.36. The first kappa shape index (κ1) is 10.9. The van der Waals surface area contributed by atoms with Crippen molar-refractivity contribution < 1.29 is 3.92 Å². The number of nitrogens with one attached hydrogen (secondary N) is 1. The number of rotatable bonds is 4. The van der Waals surface area contributed by atoms with Crippen LogP contribution in [0.4, 0.5) is 5.69 Å². The predicted octanol–water partition coefficient (Wildman–Crippen LogP) is 2.22. The summed E-state index contributed by atoms with van der Waals surface area (Å²) in [5.41, 5.74) is 4.24. The summed E-state index contributed by atoms with van der Waals surface area (Å²) in [6.45, 7) is 2.25. The van der Waals surface area contributed by atoms with E-state index in [9.17, 15) is 0 Å². The third-order valence-electron chi connectivity index (χ3n) is 2.88. The van der Waals surface area contributed by atoms with Gasteiger partial charge in [-0.3, -0.25) is 0 Å². The molecular formula is C13H17NSe. The zero-order valence-electron chi connectivity index (χ0n) is 9.12. The van der Waals surface area contributed by atoms with E-state index in [1.807, 2.05) is 0 Å². The van der Waals surface area contributed by atoms with Gasteiger partial charge in [-0.1, -0.05) is 0 Å². The molecule has 1 aromatic carbocycles. The number of unbranched alkanes of at least 4 members (excludes halogenated alkanes) is 2. The molecule has 1 N–H and O–H groups in total. The van der Waals surface area contributed by atoms with E-state index in [1.54, 1.807) is 0 Å². The zero-order valence-corrected chi connectivity index (χ0v) is 10.8. The monoisotopic (exact) mass is 267 g/mol. The quantitative estimate of drug-likeness (QED) is 0.629. The fourth-order valence-corrected chi connectivity index (χ4v) is 2.73. The van der Waals surface area contributed by atoms with Crippen molar-refractivity contribution in [2.75, 3.05) is 0 Å². The molecule has 1 aliphatic rings. The maximum atomic E-state index is 3.22. The van der Waals surface area contributed by atoms with Crippen LogP contribution in [0.1, 0.15) is 38.2 Å². The van der Waals surface area contributed by atoms with Crippen LogP contribution >= 0.6 is 0 Å². The van der Waals surface area contributed by atoms with Gasteiger partial charge in [-0.25, -0.2) is 0 Å². The van der Waals surface area contributed by atoms with Crippen molar-refractivity contribution >= 4 is 28.0 Å². The molecule has 0 saturated carbocycles. The molecule has 1 unspecified atom stereocenters. The zero-order chi connectivity index (χ0) is 10.7. The molecule has 0 aromatic heterocycles. The Morgan fingerprint density at radius 1 is 1.20 bits per heavy atom. The van der Waals surface area contributed by atoms with E-state index in [0.29, 0.717) is 0 Å². The summed E-state index contributed by atoms with van der Waals surface area (Å²) in [4.78, 5) is 0. The Kier molecular flexibility index (Phi) is 3.63. The molecule has 15 heavy (non-hydrogen) atoms. The standard InChI is InChI=1S/C13H17NSe/c1-2-3-4-8-12-10-11-7-5-6-9-13(11)14(12)15/h5-7,9-10,14H,2-4,8H2,1H3. The van der Waals surface area contributed by atoms with E-state index >= 15 is 0 Å². The van der Waals surface area contributed by atoms with E-state index in [2.05, 4.69) is 53.5 Å². The first-order valence-electron chi connectivity index (χ1n) is 5.67. The molecule has 0 amide bonds. The molecule has 1 heterocycles. The Morgan fingerprint density at radius 2 is 2.00 bits per heavy atom. The summed E-state index contributed by atoms with van der Waals surface area (Å²) in [6, 6.07) is 8.61. The Labute approximate surface area is 100 Å². The van der Waals surface area contributed by atoms with E-state index in [4.69, 9.17) is 0 Å². The van der Waals surface area contributed by atoms with Gasteiger partial charge in [0.2, 0.25) is 0 Å². The molecule has 0 fully saturated rings. The van der Waals surface area contributed by atoms with Crippen LogP contribution in [0.15, 0.2) is 30.0 Å². The first-order valence-corrected chi connectivity index (χ1v) is 6.53. The molecule has 0 radical (unpaired) electrons. The van der Waals surface area contributed by atoms with Crippen LogP contribution in [0, 0.1) is 0 Å². The van der Waals surface area contributed by atoms with Crippen molar-refractivity contribution in [1.29, 1.82) is 0 Å². The number of hydrogen-bond acceptors (Lipinski definition) is 0. The second-order valence-electron chi connectivity index (χ2n) is 4.04. The molecule has 80 valence electrons. The number of hydrogen-bond donors (Lipinski definition) is 1. The summed E-state index contributed by atoms with van der Waals surface area (Å²) in [7, 11) is 0. The molecule has 1 aliphatic heterocycles. The van der Waals surface area contributed by atoms with Gasteiger partial charge in [0.1, 0.15) is 0 Å². The van der Waals surface area contributed by atoms with E-state index in [0.717, 1.165) is 0 Å². The van der Waals surface area contributed by atoms with Crippen LogP contribution in [0.25, 0.3) is 6.08 Å². The molecule has 0 aliphatic carbocycles. The van der Waals surface area contributed by atoms with Crippen molar-refractivity contribution in [3.8, 4) is 0 Å². The van der Waals surface area contributed by atoms with E-state index in [1.165, 1.54) is 46.5 Å². The van der Waals surface area contributed by atoms with Gasteiger partial charge < -0.3 is 0 Å². The minimum absolute atomic E-state index is 1.21. The average molecular weight is 266 g/mol. The number of benzene rings is 1. The molecule has 0 saturated heterocycles. The van der Waals surface area contributed by atoms with Gasteiger partial charge in [0.15, 0.2) is 0 Å². The normalized spacial score (nSPS) is 18.8. The summed E-state index contributed by atoms with van der Waals surface area (Å²) >= 11 is 3.22. The van der Waals surface area contributed by atoms with Crippen LogP contribution in [0.5, 0.6) is 0 Å². The molecule has 1 aromatic rings. The van der Waals surface area contributed by atoms with Gasteiger partial charge in [-0.05, 0) is 0 Å². The second-order valence-corrected chi connectivity index (χ2v) is 4.90. The van der Waals surface area contributed by atoms with Crippen molar-refractivity contribution in [2.45, 2.75) is 32.6 Å². The SMILES string of the molecule is CCCCCC1=Cc2ccccc2[NH+]1[Se-]. The predicted molar refractivity (Wildman–Crippen MR) is 64.9 cm³/mol. The molecule has 1 atom stereocenters. The van der Waals surface area contributed by atoms with Gasteiger partial charge in [-0.2, -0.15) is 0 Å². The summed E-state index contributed by atoms with van der Waals surface area (Å²) in [5.74, 6) is 0. The van der Waals surface area contributed by atoms with Gasteiger partial charge in [0, 0.05) is 0 Å². The molecular weight excluding hydrogens is 249 g/mol. The molecule has 2 heteroatoms. The van der Waals surface area contributed by atoms with E-state index in [-0.39, 0.29) is 0 Å². The van der Waals surface area contributed by atoms with Crippen molar-refractivity contribution in [3.63, 3.8) is 0 Å². The molecule has 0 spiro atoms. The third-order valence-corrected chi connectivity index (χ3v) is 3.89. The Bertz CT molecular complexity index is 371. The number of allylic oxidation sites excluding steroid dienone is 1. The van der Waals surface area contributed by atoms with Gasteiger partial charge in [0.25, 0.3) is 0 Å². The van der Waals surface area contributed by atoms with Gasteiger partial charge >= 0.3 is 100 Å². The molecule has 1 nitrogen and oxygen atoms in total. The Morgan fingerprint density at radius 3 is 2.73 bits per heavy atom. The number of para-hydroxylation sites is 1. The minimum atomic E-state index is 1.21. The van der Waals surface area contributed by atoms with Crippen molar-refractivity contribution in [2.24, 2.45) is 0 Å².